The van der Waals surface area contributed by atoms with Gasteiger partial charge >= 0.3 is 0 Å². The number of sulfonamides is 1. The Balaban J connectivity index is 1.37. The minimum Gasteiger partial charge on any atom is -0.312 e. The molecular weight excluding hydrogens is 548 g/mol. The van der Waals surface area contributed by atoms with Gasteiger partial charge in [0.25, 0.3) is 5.91 Å². The highest BCUT2D eigenvalue weighted by Crippen LogP contribution is 2.20. The van der Waals surface area contributed by atoms with Crippen LogP contribution in [0.1, 0.15) is 30.5 Å². The number of likely N-dealkylation sites (tertiary alicyclic amines) is 1. The summed E-state index contributed by atoms with van der Waals surface area (Å²) in [7, 11) is -5.44. The normalized spacial score (nSPS) is 17.0. The number of pyridine rings is 1. The minimum atomic E-state index is -3.75. The fourth-order valence-electron chi connectivity index (χ4n) is 4.55. The van der Waals surface area contributed by atoms with E-state index in [-0.39, 0.29) is 21.7 Å². The Bertz CT molecular complexity index is 1540. The van der Waals surface area contributed by atoms with Gasteiger partial charge in [0.05, 0.1) is 15.5 Å². The molecule has 1 amide bonds. The number of nitrogens with zero attached hydrogens (tertiary/aromatic N) is 3. The highest BCUT2D eigenvalue weighted by Gasteiger charge is 2.24. The van der Waals surface area contributed by atoms with Gasteiger partial charge in [-0.2, -0.15) is 0 Å². The van der Waals surface area contributed by atoms with Gasteiger partial charge in [-0.25, -0.2) is 21.6 Å². The zero-order valence-corrected chi connectivity index (χ0v) is 24.2. The van der Waals surface area contributed by atoms with E-state index in [9.17, 15) is 21.6 Å². The summed E-state index contributed by atoms with van der Waals surface area (Å²) in [5.74, 6) is -0.313. The third-order valence-corrected chi connectivity index (χ3v) is 9.45. The molecule has 1 N–H and O–H groups in total. The number of aromatic nitrogens is 1. The van der Waals surface area contributed by atoms with E-state index in [4.69, 9.17) is 0 Å². The van der Waals surface area contributed by atoms with Gasteiger partial charge in [-0.15, -0.1) is 0 Å². The molecule has 9 nitrogen and oxygen atoms in total. The number of anilines is 1. The van der Waals surface area contributed by atoms with Crippen LogP contribution in [0.25, 0.3) is 6.08 Å². The van der Waals surface area contributed by atoms with Gasteiger partial charge in [-0.1, -0.05) is 24.6 Å². The van der Waals surface area contributed by atoms with E-state index >= 15 is 0 Å². The van der Waals surface area contributed by atoms with Crippen molar-refractivity contribution >= 4 is 37.5 Å². The first-order valence-electron chi connectivity index (χ1n) is 13.0. The predicted molar refractivity (Wildman–Crippen MR) is 156 cm³/mol. The van der Waals surface area contributed by atoms with Gasteiger partial charge < -0.3 is 4.90 Å². The molecule has 1 aliphatic rings. The van der Waals surface area contributed by atoms with Crippen LogP contribution in [0, 0.1) is 0 Å². The Hall–Kier alpha value is -3.38. The first kappa shape index (κ1) is 29.6. The molecule has 212 valence electrons. The largest absolute Gasteiger partial charge is 0.312 e. The van der Waals surface area contributed by atoms with Gasteiger partial charge in [-0.3, -0.25) is 14.7 Å². The van der Waals surface area contributed by atoms with Crippen molar-refractivity contribution in [1.29, 1.82) is 0 Å². The molecular formula is C29H34N4O5S2. The number of benzene rings is 2. The molecule has 2 aromatic carbocycles. The standard InChI is InChI=1S/C29H34N4O5S2/c1-32(29(34)18-11-23-9-14-27(15-10-23)39(2,35)36)26-12-16-28(17-13-26)40(37,38)31-25-8-4-6-20-33(22-25)21-24-7-3-5-19-30-24/h3,5,7,9-19,25,31H,4,6,8,20-22H2,1-2H3/b18-11+. The number of hydrogen-bond acceptors (Lipinski definition) is 7. The molecule has 11 heteroatoms. The molecule has 1 atom stereocenters. The molecule has 0 saturated carbocycles. The lowest BCUT2D eigenvalue weighted by atomic mass is 10.2. The summed E-state index contributed by atoms with van der Waals surface area (Å²) in [5.41, 5.74) is 2.18. The number of rotatable bonds is 9. The maximum absolute atomic E-state index is 13.2. The molecule has 0 aliphatic carbocycles. The average molecular weight is 583 g/mol. The monoisotopic (exact) mass is 582 g/mol. The highest BCUT2D eigenvalue weighted by molar-refractivity contribution is 7.90. The summed E-state index contributed by atoms with van der Waals surface area (Å²) >= 11 is 0. The number of hydrogen-bond donors (Lipinski definition) is 1. The van der Waals surface area contributed by atoms with Crippen molar-refractivity contribution in [2.45, 2.75) is 41.6 Å². The predicted octanol–water partition coefficient (Wildman–Crippen LogP) is 3.49. The van der Waals surface area contributed by atoms with Crippen molar-refractivity contribution in [3.8, 4) is 0 Å². The van der Waals surface area contributed by atoms with Gasteiger partial charge in [0.2, 0.25) is 10.0 Å². The van der Waals surface area contributed by atoms with Crippen LogP contribution in [0.4, 0.5) is 5.69 Å². The van der Waals surface area contributed by atoms with E-state index in [1.165, 1.54) is 35.2 Å². The van der Waals surface area contributed by atoms with E-state index < -0.39 is 19.9 Å². The van der Waals surface area contributed by atoms with Crippen molar-refractivity contribution in [1.82, 2.24) is 14.6 Å². The summed E-state index contributed by atoms with van der Waals surface area (Å²) in [6, 6.07) is 18.0. The summed E-state index contributed by atoms with van der Waals surface area (Å²) < 4.78 is 52.4. The SMILES string of the molecule is CN(C(=O)/C=C/c1ccc(S(C)(=O)=O)cc1)c1ccc(S(=O)(=O)NC2CCCCN(Cc3ccccn3)C2)cc1. The highest BCUT2D eigenvalue weighted by atomic mass is 32.2. The summed E-state index contributed by atoms with van der Waals surface area (Å²) in [5, 5.41) is 0. The van der Waals surface area contributed by atoms with Crippen molar-refractivity contribution in [3.05, 3.63) is 90.3 Å². The molecule has 0 radical (unpaired) electrons. The lowest BCUT2D eigenvalue weighted by Crippen LogP contribution is -2.42. The second-order valence-corrected chi connectivity index (χ2v) is 13.7. The molecule has 1 unspecified atom stereocenters. The van der Waals surface area contributed by atoms with Crippen LogP contribution in [0.5, 0.6) is 0 Å². The number of likely N-dealkylation sites (N-methyl/N-ethyl adjacent to an activating group) is 1. The number of nitrogens with one attached hydrogen (secondary N) is 1. The van der Waals surface area contributed by atoms with Crippen molar-refractivity contribution in [2.75, 3.05) is 31.3 Å². The first-order chi connectivity index (χ1) is 19.0. The summed E-state index contributed by atoms with van der Waals surface area (Å²) in [6.45, 7) is 2.17. The Morgan fingerprint density at radius 1 is 1.00 bits per heavy atom. The second-order valence-electron chi connectivity index (χ2n) is 9.94. The van der Waals surface area contributed by atoms with E-state index in [0.29, 0.717) is 24.3 Å². The molecule has 1 aliphatic heterocycles. The zero-order chi connectivity index (χ0) is 28.8. The number of sulfone groups is 1. The number of carbonyl (C=O) groups is 1. The van der Waals surface area contributed by atoms with Gasteiger partial charge in [-0.05, 0) is 79.6 Å². The smallest absolute Gasteiger partial charge is 0.250 e. The maximum atomic E-state index is 13.2. The van der Waals surface area contributed by atoms with E-state index in [2.05, 4.69) is 14.6 Å². The van der Waals surface area contributed by atoms with E-state index in [1.54, 1.807) is 43.6 Å². The van der Waals surface area contributed by atoms with Gasteiger partial charge in [0.15, 0.2) is 9.84 Å². The molecule has 1 aromatic heterocycles. The lowest BCUT2D eigenvalue weighted by molar-refractivity contribution is -0.113. The number of amides is 1. The van der Waals surface area contributed by atoms with E-state index in [1.807, 2.05) is 18.2 Å². The summed E-state index contributed by atoms with van der Waals surface area (Å²) in [6.07, 6.45) is 8.57. The molecule has 1 fully saturated rings. The van der Waals surface area contributed by atoms with Crippen LogP contribution in [-0.2, 0) is 31.2 Å². The van der Waals surface area contributed by atoms with E-state index in [0.717, 1.165) is 37.8 Å². The topological polar surface area (TPSA) is 117 Å². The zero-order valence-electron chi connectivity index (χ0n) is 22.6. The Morgan fingerprint density at radius 3 is 2.35 bits per heavy atom. The average Bonchev–Trinajstić information content (AvgIpc) is 3.15. The van der Waals surface area contributed by atoms with Crippen LogP contribution in [0.15, 0.2) is 88.8 Å². The quantitative estimate of drug-likeness (QED) is 0.384. The number of carbonyl (C=O) groups excluding carboxylic acids is 1. The third kappa shape index (κ3) is 8.07. The molecule has 2 heterocycles. The van der Waals surface area contributed by atoms with Gasteiger partial charge in [0, 0.05) is 50.4 Å². The van der Waals surface area contributed by atoms with Crippen LogP contribution in [0.3, 0.4) is 0 Å². The fourth-order valence-corrected chi connectivity index (χ4v) is 6.44. The second kappa shape index (κ2) is 12.9. The molecule has 0 bridgehead atoms. The molecule has 3 aromatic rings. The maximum Gasteiger partial charge on any atom is 0.250 e. The van der Waals surface area contributed by atoms with Crippen molar-refractivity contribution in [2.24, 2.45) is 0 Å². The van der Waals surface area contributed by atoms with Crippen LogP contribution in [-0.4, -0.2) is 65.1 Å². The van der Waals surface area contributed by atoms with Crippen LogP contribution in [0.2, 0.25) is 0 Å². The van der Waals surface area contributed by atoms with Crippen molar-refractivity contribution < 1.29 is 21.6 Å². The molecule has 0 spiro atoms. The Kier molecular flexibility index (Phi) is 9.52. The van der Waals surface area contributed by atoms with Gasteiger partial charge in [0.1, 0.15) is 0 Å². The Labute approximate surface area is 236 Å². The fraction of sp³-hybridized carbons (Fsp3) is 0.310. The molecule has 40 heavy (non-hydrogen) atoms. The van der Waals surface area contributed by atoms with Crippen LogP contribution < -0.4 is 9.62 Å². The van der Waals surface area contributed by atoms with Crippen LogP contribution >= 0.6 is 0 Å². The summed E-state index contributed by atoms with van der Waals surface area (Å²) in [4.78, 5) is 21.1. The molecule has 4 rings (SSSR count). The Morgan fingerprint density at radius 2 is 1.70 bits per heavy atom. The first-order valence-corrected chi connectivity index (χ1v) is 16.4. The minimum absolute atomic E-state index is 0.138. The third-order valence-electron chi connectivity index (χ3n) is 6.78. The molecule has 1 saturated heterocycles. The lowest BCUT2D eigenvalue weighted by Gasteiger charge is -2.24. The van der Waals surface area contributed by atoms with Crippen molar-refractivity contribution in [3.63, 3.8) is 0 Å².